The van der Waals surface area contributed by atoms with Crippen LogP contribution in [0.1, 0.15) is 32.9 Å². The van der Waals surface area contributed by atoms with E-state index in [1.165, 1.54) is 13.2 Å². The second-order valence-electron chi connectivity index (χ2n) is 7.00. The van der Waals surface area contributed by atoms with Gasteiger partial charge in [-0.1, -0.05) is 30.3 Å². The van der Waals surface area contributed by atoms with Crippen LogP contribution in [0.15, 0.2) is 54.7 Å². The molecule has 2 aromatic carbocycles. The number of hydrogen-bond donors (Lipinski definition) is 2. The van der Waals surface area contributed by atoms with Gasteiger partial charge in [-0.3, -0.25) is 0 Å². The van der Waals surface area contributed by atoms with Crippen LogP contribution in [0.4, 0.5) is 26.3 Å². The van der Waals surface area contributed by atoms with E-state index in [4.69, 9.17) is 10.4 Å². The van der Waals surface area contributed by atoms with Gasteiger partial charge in [-0.05, 0) is 30.8 Å². The second-order valence-corrected chi connectivity index (χ2v) is 7.00. The van der Waals surface area contributed by atoms with Crippen molar-refractivity contribution in [2.75, 3.05) is 7.05 Å². The van der Waals surface area contributed by atoms with Crippen molar-refractivity contribution in [3.63, 3.8) is 0 Å². The summed E-state index contributed by atoms with van der Waals surface area (Å²) in [6, 6.07) is 12.4. The number of rotatable bonds is 5. The van der Waals surface area contributed by atoms with Crippen LogP contribution in [0.2, 0.25) is 0 Å². The number of benzene rings is 2. The number of nitriles is 1. The molecule has 0 fully saturated rings. The molecule has 0 spiro atoms. The molecule has 0 unspecified atom stereocenters. The lowest BCUT2D eigenvalue weighted by Gasteiger charge is -2.13. The van der Waals surface area contributed by atoms with Gasteiger partial charge in [0.15, 0.2) is 0 Å². The number of carboxylic acid groups (broad SMARTS) is 1. The Morgan fingerprint density at radius 2 is 1.60 bits per heavy atom. The molecule has 0 saturated carbocycles. The van der Waals surface area contributed by atoms with Crippen molar-refractivity contribution in [1.29, 1.82) is 5.26 Å². The van der Waals surface area contributed by atoms with Gasteiger partial charge in [-0.2, -0.15) is 31.6 Å². The van der Waals surface area contributed by atoms with Crippen LogP contribution in [0, 0.1) is 11.3 Å². The molecule has 1 aromatic heterocycles. The first-order chi connectivity index (χ1) is 16.4. The Kier molecular flexibility index (Phi) is 8.91. The number of carbonyl (C=O) groups is 1. The molecule has 3 aromatic rings. The minimum atomic E-state index is -4.79. The molecule has 0 atom stereocenters. The zero-order chi connectivity index (χ0) is 26.2. The van der Waals surface area contributed by atoms with Gasteiger partial charge in [0, 0.05) is 18.3 Å². The molecule has 6 nitrogen and oxygen atoms in total. The quantitative estimate of drug-likeness (QED) is 0.462. The van der Waals surface area contributed by atoms with E-state index < -0.39 is 29.4 Å². The molecule has 0 aliphatic carbocycles. The molecule has 0 aliphatic rings. The zero-order valence-corrected chi connectivity index (χ0v) is 18.1. The number of aromatic nitrogens is 2. The van der Waals surface area contributed by atoms with Crippen molar-refractivity contribution in [3.8, 4) is 17.3 Å². The third kappa shape index (κ3) is 7.79. The van der Waals surface area contributed by atoms with Crippen LogP contribution in [0.3, 0.4) is 0 Å². The number of halogens is 6. The average molecular weight is 496 g/mol. The summed E-state index contributed by atoms with van der Waals surface area (Å²) in [5.74, 6) is -0.765. The van der Waals surface area contributed by atoms with Crippen molar-refractivity contribution in [2.45, 2.75) is 25.3 Å². The molecule has 12 heteroatoms. The van der Waals surface area contributed by atoms with E-state index in [1.807, 2.05) is 12.1 Å². The van der Waals surface area contributed by atoms with Crippen LogP contribution < -0.4 is 5.32 Å². The predicted molar refractivity (Wildman–Crippen MR) is 113 cm³/mol. The predicted octanol–water partition coefficient (Wildman–Crippen LogP) is 5.35. The molecular formula is C23H18F6N4O2. The van der Waals surface area contributed by atoms with Crippen molar-refractivity contribution in [1.82, 2.24) is 15.3 Å². The summed E-state index contributed by atoms with van der Waals surface area (Å²) >= 11 is 0. The third-order valence-electron chi connectivity index (χ3n) is 4.38. The molecular weight excluding hydrogens is 478 g/mol. The third-order valence-corrected chi connectivity index (χ3v) is 4.38. The van der Waals surface area contributed by atoms with Gasteiger partial charge in [0.1, 0.15) is 11.4 Å². The minimum absolute atomic E-state index is 0.0305. The van der Waals surface area contributed by atoms with Gasteiger partial charge < -0.3 is 10.4 Å². The lowest BCUT2D eigenvalue weighted by Crippen LogP contribution is -2.14. The second kappa shape index (κ2) is 11.4. The maximum Gasteiger partial charge on any atom is 0.416 e. The molecule has 3 rings (SSSR count). The zero-order valence-electron chi connectivity index (χ0n) is 18.1. The molecule has 0 saturated heterocycles. The fourth-order valence-corrected chi connectivity index (χ4v) is 2.87. The molecule has 2 N–H and O–H groups in total. The van der Waals surface area contributed by atoms with Crippen molar-refractivity contribution >= 4 is 5.97 Å². The summed E-state index contributed by atoms with van der Waals surface area (Å²) in [5, 5.41) is 20.2. The summed E-state index contributed by atoms with van der Waals surface area (Å²) < 4.78 is 74.3. The Morgan fingerprint density at radius 1 is 1.03 bits per heavy atom. The first kappa shape index (κ1) is 27.3. The number of hydrogen-bond acceptors (Lipinski definition) is 5. The number of alkyl halides is 6. The summed E-state index contributed by atoms with van der Waals surface area (Å²) in [6.45, 7) is -0.0625. The lowest BCUT2D eigenvalue weighted by molar-refractivity contribution is -0.143. The van der Waals surface area contributed by atoms with Crippen LogP contribution in [0.25, 0.3) is 11.3 Å². The van der Waals surface area contributed by atoms with E-state index in [0.29, 0.717) is 29.2 Å². The normalized spacial score (nSPS) is 11.3. The summed E-state index contributed by atoms with van der Waals surface area (Å²) in [7, 11) is 1.44. The van der Waals surface area contributed by atoms with Crippen LogP contribution in [-0.2, 0) is 25.3 Å². The van der Waals surface area contributed by atoms with E-state index in [2.05, 4.69) is 15.3 Å². The first-order valence-corrected chi connectivity index (χ1v) is 9.81. The number of nitrogens with one attached hydrogen (secondary N) is 1. The maximum atomic E-state index is 12.4. The monoisotopic (exact) mass is 496 g/mol. The van der Waals surface area contributed by atoms with E-state index in [9.17, 15) is 31.1 Å². The van der Waals surface area contributed by atoms with Crippen molar-refractivity contribution < 1.29 is 36.2 Å². The van der Waals surface area contributed by atoms with Gasteiger partial charge in [-0.25, -0.2) is 14.8 Å². The van der Waals surface area contributed by atoms with Crippen LogP contribution in [0.5, 0.6) is 0 Å². The molecule has 0 radical (unpaired) electrons. The molecule has 0 bridgehead atoms. The minimum Gasteiger partial charge on any atom is -0.478 e. The fourth-order valence-electron chi connectivity index (χ4n) is 2.87. The van der Waals surface area contributed by atoms with Crippen molar-refractivity contribution in [3.05, 3.63) is 82.8 Å². The first-order valence-electron chi connectivity index (χ1n) is 9.81. The molecule has 0 aliphatic heterocycles. The maximum absolute atomic E-state index is 12.4. The smallest absolute Gasteiger partial charge is 0.416 e. The Hall–Kier alpha value is -3.98. The van der Waals surface area contributed by atoms with Gasteiger partial charge in [-0.15, -0.1) is 0 Å². The SMILES string of the molecule is CNCc1cc(C(F)(F)F)cc(C(F)(F)F)c1.N#CCc1ncc(C(=O)O)c(-c2ccccc2)n1. The Labute approximate surface area is 195 Å². The largest absolute Gasteiger partial charge is 0.478 e. The van der Waals surface area contributed by atoms with Gasteiger partial charge in [0.05, 0.1) is 29.3 Å². The number of carboxylic acids is 1. The highest BCUT2D eigenvalue weighted by atomic mass is 19.4. The lowest BCUT2D eigenvalue weighted by atomic mass is 10.0. The fraction of sp³-hybridized carbons (Fsp3) is 0.217. The highest BCUT2D eigenvalue weighted by Gasteiger charge is 2.36. The standard InChI is InChI=1S/C13H9N3O2.C10H9F6N/c14-7-6-11-15-8-10(13(17)18)12(16-11)9-4-2-1-3-5-9;1-17-5-6-2-7(9(11,12)13)4-8(3-6)10(14,15)16/h1-5,8H,6H2,(H,17,18);2-4,17H,5H2,1H3. The summed E-state index contributed by atoms with van der Waals surface area (Å²) in [5.41, 5.74) is -1.59. The molecule has 0 amide bonds. The summed E-state index contributed by atoms with van der Waals surface area (Å²) in [6.07, 6.45) is -8.28. The topological polar surface area (TPSA) is 98.9 Å². The van der Waals surface area contributed by atoms with Crippen LogP contribution >= 0.6 is 0 Å². The highest BCUT2D eigenvalue weighted by molar-refractivity contribution is 5.94. The van der Waals surface area contributed by atoms with Gasteiger partial charge in [0.25, 0.3) is 0 Å². The molecule has 1 heterocycles. The average Bonchev–Trinajstić information content (AvgIpc) is 2.79. The highest BCUT2D eigenvalue weighted by Crippen LogP contribution is 2.36. The van der Waals surface area contributed by atoms with Crippen molar-refractivity contribution in [2.24, 2.45) is 0 Å². The van der Waals surface area contributed by atoms with E-state index >= 15 is 0 Å². The van der Waals surface area contributed by atoms with E-state index in [0.717, 1.165) is 0 Å². The van der Waals surface area contributed by atoms with Gasteiger partial charge >= 0.3 is 18.3 Å². The summed E-state index contributed by atoms with van der Waals surface area (Å²) in [4.78, 5) is 19.1. The van der Waals surface area contributed by atoms with E-state index in [-0.39, 0.29) is 30.2 Å². The molecule has 184 valence electrons. The number of aromatic carboxylic acids is 1. The van der Waals surface area contributed by atoms with Gasteiger partial charge in [0.2, 0.25) is 0 Å². The Morgan fingerprint density at radius 3 is 2.06 bits per heavy atom. The van der Waals surface area contributed by atoms with E-state index in [1.54, 1.807) is 24.3 Å². The molecule has 35 heavy (non-hydrogen) atoms. The Bertz CT molecular complexity index is 1170. The van der Waals surface area contributed by atoms with Crippen LogP contribution in [-0.4, -0.2) is 28.1 Å². The Balaban J connectivity index is 0.000000247. The number of nitrogens with zero attached hydrogens (tertiary/aromatic N) is 3.